The Balaban J connectivity index is -0.0000000601. The summed E-state index contributed by atoms with van der Waals surface area (Å²) in [7, 11) is 0. The predicted octanol–water partition coefficient (Wildman–Crippen LogP) is -0.240. The standard InChI is InChI=1S/2C6H10O3.2C3H8O.2Ti/c2*1-2-3-5(7)4-6(8)9;2*1-3(2)4;;/h2*2-4H2,1H3,(H,8,9);2*3-4H,1-2H3;;/q;;;;+2;+4/p-2. The second kappa shape index (κ2) is 31.3. The van der Waals surface area contributed by atoms with E-state index in [1.807, 2.05) is 13.8 Å². The van der Waals surface area contributed by atoms with Crippen molar-refractivity contribution in [2.75, 3.05) is 0 Å². The van der Waals surface area contributed by atoms with Gasteiger partial charge in [0, 0.05) is 49.8 Å². The summed E-state index contributed by atoms with van der Waals surface area (Å²) in [4.78, 5) is 40.4. The van der Waals surface area contributed by atoms with E-state index in [4.69, 9.17) is 10.2 Å². The van der Waals surface area contributed by atoms with E-state index in [-0.39, 0.29) is 67.2 Å². The third-order valence-corrected chi connectivity index (χ3v) is 1.74. The third kappa shape index (κ3) is 83.7. The molecule has 0 saturated carbocycles. The molecule has 0 fully saturated rings. The van der Waals surface area contributed by atoms with E-state index in [2.05, 4.69) is 0 Å². The predicted molar refractivity (Wildman–Crippen MR) is 93.8 cm³/mol. The fraction of sp³-hybridized carbons (Fsp3) is 0.778. The van der Waals surface area contributed by atoms with Crippen LogP contribution in [0.1, 0.15) is 80.1 Å². The Labute approximate surface area is 198 Å². The second-order valence-corrected chi connectivity index (χ2v) is 5.86. The molecule has 0 atom stereocenters. The van der Waals surface area contributed by atoms with Crippen molar-refractivity contribution in [3.63, 3.8) is 0 Å². The van der Waals surface area contributed by atoms with E-state index in [0.29, 0.717) is 25.7 Å². The largest absolute Gasteiger partial charge is 4.00 e. The number of aliphatic hydroxyl groups is 2. The van der Waals surface area contributed by atoms with Gasteiger partial charge in [-0.05, 0) is 40.5 Å². The molecule has 158 valence electrons. The zero-order valence-corrected chi connectivity index (χ0v) is 20.9. The molecule has 0 aliphatic rings. The fourth-order valence-corrected chi connectivity index (χ4v) is 1.06. The molecule has 0 aliphatic carbocycles. The number of aliphatic hydroxyl groups excluding tert-OH is 2. The Morgan fingerprint density at radius 2 is 0.893 bits per heavy atom. The summed E-state index contributed by atoms with van der Waals surface area (Å²) in [5, 5.41) is 35.6. The Bertz CT molecular complexity index is 344. The monoisotopic (exact) mass is 474 g/mol. The number of hydrogen-bond acceptors (Lipinski definition) is 8. The minimum Gasteiger partial charge on any atom is -0.550 e. The Hall–Kier alpha value is -0.371. The Morgan fingerprint density at radius 1 is 0.714 bits per heavy atom. The first-order valence-electron chi connectivity index (χ1n) is 8.59. The average Bonchev–Trinajstić information content (AvgIpc) is 2.36. The zero-order chi connectivity index (χ0) is 21.7. The van der Waals surface area contributed by atoms with Crippen LogP contribution in [-0.2, 0) is 62.6 Å². The molecule has 0 rings (SSSR count). The summed E-state index contributed by atoms with van der Waals surface area (Å²) in [6, 6.07) is 0. The maximum absolute atomic E-state index is 10.4. The molecule has 0 heterocycles. The van der Waals surface area contributed by atoms with Gasteiger partial charge in [-0.3, -0.25) is 9.59 Å². The summed E-state index contributed by atoms with van der Waals surface area (Å²) in [5.41, 5.74) is 0. The van der Waals surface area contributed by atoms with Crippen LogP contribution in [0.4, 0.5) is 0 Å². The van der Waals surface area contributed by atoms with E-state index in [1.54, 1.807) is 27.7 Å². The molecule has 0 aliphatic heterocycles. The summed E-state index contributed by atoms with van der Waals surface area (Å²) in [6.45, 7) is 10.5. The second-order valence-electron chi connectivity index (χ2n) is 5.86. The maximum Gasteiger partial charge on any atom is 4.00 e. The van der Waals surface area contributed by atoms with Crippen molar-refractivity contribution < 1.29 is 83.0 Å². The van der Waals surface area contributed by atoms with Gasteiger partial charge in [0.2, 0.25) is 0 Å². The number of carboxylic acids is 2. The van der Waals surface area contributed by atoms with Crippen LogP contribution in [0.5, 0.6) is 0 Å². The normalized spacial score (nSPS) is 8.36. The van der Waals surface area contributed by atoms with Crippen LogP contribution in [0.25, 0.3) is 0 Å². The number of hydrogen-bond donors (Lipinski definition) is 2. The topological polar surface area (TPSA) is 155 Å². The number of aliphatic carboxylic acids is 2. The molecule has 0 aromatic heterocycles. The van der Waals surface area contributed by atoms with Gasteiger partial charge in [-0.15, -0.1) is 0 Å². The van der Waals surface area contributed by atoms with Gasteiger partial charge in [0.15, 0.2) is 0 Å². The Morgan fingerprint density at radius 3 is 1.00 bits per heavy atom. The molecule has 28 heavy (non-hydrogen) atoms. The van der Waals surface area contributed by atoms with Crippen molar-refractivity contribution in [1.29, 1.82) is 0 Å². The fourth-order valence-electron chi connectivity index (χ4n) is 1.06. The summed E-state index contributed by atoms with van der Waals surface area (Å²) >= 11 is 0. The van der Waals surface area contributed by atoms with Crippen molar-refractivity contribution in [3.05, 3.63) is 0 Å². The SMILES string of the molecule is CC(C)O.CC(C)O.CCCC(=O)CC(=O)[O-].CCCC(=O)CC(=O)[O-].[Ti+2].[Ti+4]. The number of rotatable bonds is 8. The number of Topliss-reactive ketones (excluding diaryl/α,β-unsaturated/α-hetero) is 2. The van der Waals surface area contributed by atoms with Crippen LogP contribution in [-0.4, -0.2) is 45.9 Å². The van der Waals surface area contributed by atoms with E-state index >= 15 is 0 Å². The van der Waals surface area contributed by atoms with E-state index < -0.39 is 24.8 Å². The van der Waals surface area contributed by atoms with Gasteiger partial charge in [0.05, 0.1) is 0 Å². The van der Waals surface area contributed by atoms with Crippen LogP contribution in [0, 0.1) is 0 Å². The number of carbonyl (C=O) groups is 4. The number of ketones is 2. The molecule has 0 saturated heterocycles. The molecular formula is C18H34O8Ti2+4. The minimum absolute atomic E-state index is 0. The molecule has 0 aromatic rings. The first-order valence-corrected chi connectivity index (χ1v) is 8.59. The molecule has 2 N–H and O–H groups in total. The van der Waals surface area contributed by atoms with Crippen LogP contribution in [0.15, 0.2) is 0 Å². The maximum atomic E-state index is 10.4. The molecule has 8 nitrogen and oxygen atoms in total. The molecule has 10 heteroatoms. The third-order valence-electron chi connectivity index (χ3n) is 1.74. The zero-order valence-electron chi connectivity index (χ0n) is 17.7. The van der Waals surface area contributed by atoms with Gasteiger partial charge in [-0.2, -0.15) is 0 Å². The first-order chi connectivity index (χ1) is 11.8. The van der Waals surface area contributed by atoms with Crippen molar-refractivity contribution in [1.82, 2.24) is 0 Å². The number of carboxylic acid groups (broad SMARTS) is 2. The molecule has 0 unspecified atom stereocenters. The van der Waals surface area contributed by atoms with Crippen molar-refractivity contribution >= 4 is 23.5 Å². The molecule has 0 radical (unpaired) electrons. The van der Waals surface area contributed by atoms with Crippen molar-refractivity contribution in [3.8, 4) is 0 Å². The molecule has 0 amide bonds. The molecule has 0 spiro atoms. The van der Waals surface area contributed by atoms with Gasteiger partial charge < -0.3 is 30.0 Å². The van der Waals surface area contributed by atoms with Gasteiger partial charge in [0.1, 0.15) is 11.6 Å². The van der Waals surface area contributed by atoms with Crippen LogP contribution >= 0.6 is 0 Å². The van der Waals surface area contributed by atoms with Crippen molar-refractivity contribution in [2.45, 2.75) is 92.3 Å². The van der Waals surface area contributed by atoms with E-state index in [1.165, 1.54) is 0 Å². The van der Waals surface area contributed by atoms with Gasteiger partial charge in [-0.1, -0.05) is 13.8 Å². The van der Waals surface area contributed by atoms with E-state index in [9.17, 15) is 29.4 Å². The van der Waals surface area contributed by atoms with Gasteiger partial charge in [-0.25, -0.2) is 0 Å². The molecular weight excluding hydrogens is 440 g/mol. The van der Waals surface area contributed by atoms with Crippen LogP contribution < -0.4 is 10.2 Å². The van der Waals surface area contributed by atoms with Crippen molar-refractivity contribution in [2.24, 2.45) is 0 Å². The van der Waals surface area contributed by atoms with E-state index in [0.717, 1.165) is 0 Å². The minimum atomic E-state index is -1.28. The quantitative estimate of drug-likeness (QED) is 0.361. The average molecular weight is 474 g/mol. The van der Waals surface area contributed by atoms with Crippen LogP contribution in [0.2, 0.25) is 0 Å². The van der Waals surface area contributed by atoms with Crippen LogP contribution in [0.3, 0.4) is 0 Å². The Kier molecular flexibility index (Phi) is 46.9. The molecule has 0 bridgehead atoms. The summed E-state index contributed by atoms with van der Waals surface area (Å²) in [5.74, 6) is -3.07. The smallest absolute Gasteiger partial charge is 0.550 e. The van der Waals surface area contributed by atoms with Gasteiger partial charge >= 0.3 is 43.4 Å². The first kappa shape index (κ1) is 41.9. The van der Waals surface area contributed by atoms with Gasteiger partial charge in [0.25, 0.3) is 0 Å². The molecule has 0 aromatic carbocycles. The summed E-state index contributed by atoms with van der Waals surface area (Å²) < 4.78 is 0. The summed E-state index contributed by atoms with van der Waals surface area (Å²) in [6.07, 6.45) is 0.877. The number of carbonyl (C=O) groups excluding carboxylic acids is 4.